The Labute approximate surface area is 135 Å². The Morgan fingerprint density at radius 2 is 1.83 bits per heavy atom. The summed E-state index contributed by atoms with van der Waals surface area (Å²) >= 11 is 0. The Kier molecular flexibility index (Phi) is 6.68. The zero-order valence-corrected chi connectivity index (χ0v) is 14.0. The van der Waals surface area contributed by atoms with Crippen LogP contribution in [0, 0.1) is 0 Å². The molecule has 7 heteroatoms. The third-order valence-electron chi connectivity index (χ3n) is 2.63. The van der Waals surface area contributed by atoms with Gasteiger partial charge in [-0.2, -0.15) is 0 Å². The second-order valence-corrected chi connectivity index (χ2v) is 5.71. The molecule has 1 aromatic rings. The molecule has 0 radical (unpaired) electrons. The van der Waals surface area contributed by atoms with Crippen molar-refractivity contribution in [1.29, 1.82) is 0 Å². The number of amides is 1. The van der Waals surface area contributed by atoms with Crippen LogP contribution in [-0.4, -0.2) is 44.5 Å². The minimum absolute atomic E-state index is 0.0981. The van der Waals surface area contributed by atoms with Crippen LogP contribution in [0.5, 0.6) is 11.5 Å². The number of ether oxygens (including phenoxy) is 4. The monoisotopic (exact) mass is 325 g/mol. The summed E-state index contributed by atoms with van der Waals surface area (Å²) in [6.07, 6.45) is -0.720. The summed E-state index contributed by atoms with van der Waals surface area (Å²) in [5.74, 6) is 0.500. The molecular weight excluding hydrogens is 302 g/mol. The fourth-order valence-electron chi connectivity index (χ4n) is 1.63. The van der Waals surface area contributed by atoms with E-state index in [-0.39, 0.29) is 6.61 Å². The van der Waals surface area contributed by atoms with Gasteiger partial charge in [0.2, 0.25) is 0 Å². The van der Waals surface area contributed by atoms with Crippen molar-refractivity contribution in [3.8, 4) is 11.5 Å². The Bertz CT molecular complexity index is 538. The standard InChI is InChI=1S/C16H23NO6/c1-16(2,3)23-15(19)17-13(14(18)21-5)10-22-12-8-6-7-11(9-12)20-4/h6-9,13H,10H2,1-5H3,(H,17,19)/t13-/m1/s1. The summed E-state index contributed by atoms with van der Waals surface area (Å²) in [6.45, 7) is 5.09. The lowest BCUT2D eigenvalue weighted by molar-refractivity contribution is -0.143. The maximum Gasteiger partial charge on any atom is 0.408 e. The molecule has 0 aromatic heterocycles. The lowest BCUT2D eigenvalue weighted by atomic mass is 10.2. The summed E-state index contributed by atoms with van der Waals surface area (Å²) in [5, 5.41) is 2.43. The first kappa shape index (κ1) is 18.6. The zero-order chi connectivity index (χ0) is 17.5. The topological polar surface area (TPSA) is 83.1 Å². The number of methoxy groups -OCH3 is 2. The summed E-state index contributed by atoms with van der Waals surface area (Å²) in [6, 6.07) is 5.92. The number of hydrogen-bond acceptors (Lipinski definition) is 6. The molecule has 7 nitrogen and oxygen atoms in total. The van der Waals surface area contributed by atoms with Gasteiger partial charge in [-0.25, -0.2) is 9.59 Å². The molecule has 1 rings (SSSR count). The lowest BCUT2D eigenvalue weighted by Gasteiger charge is -2.22. The number of hydrogen-bond donors (Lipinski definition) is 1. The second-order valence-electron chi connectivity index (χ2n) is 5.71. The van der Waals surface area contributed by atoms with Crippen molar-refractivity contribution in [1.82, 2.24) is 5.32 Å². The number of benzene rings is 1. The molecule has 0 heterocycles. The van der Waals surface area contributed by atoms with E-state index in [1.54, 1.807) is 52.1 Å². The van der Waals surface area contributed by atoms with Crippen LogP contribution in [0.15, 0.2) is 24.3 Å². The molecule has 23 heavy (non-hydrogen) atoms. The SMILES string of the molecule is COC(=O)[C@@H](COc1cccc(OC)c1)NC(=O)OC(C)(C)C. The highest BCUT2D eigenvalue weighted by molar-refractivity contribution is 5.81. The van der Waals surface area contributed by atoms with Crippen LogP contribution >= 0.6 is 0 Å². The first-order valence-corrected chi connectivity index (χ1v) is 7.09. The molecule has 1 amide bonds. The predicted molar refractivity (Wildman–Crippen MR) is 83.7 cm³/mol. The second kappa shape index (κ2) is 8.26. The van der Waals surface area contributed by atoms with E-state index < -0.39 is 23.7 Å². The number of carbonyl (C=O) groups is 2. The maximum atomic E-state index is 11.8. The number of esters is 1. The number of alkyl carbamates (subject to hydrolysis) is 1. The smallest absolute Gasteiger partial charge is 0.408 e. The number of nitrogens with one attached hydrogen (secondary N) is 1. The van der Waals surface area contributed by atoms with Gasteiger partial charge in [0.05, 0.1) is 14.2 Å². The molecular formula is C16H23NO6. The Balaban J connectivity index is 2.67. The molecule has 1 N–H and O–H groups in total. The third-order valence-corrected chi connectivity index (χ3v) is 2.63. The number of carbonyl (C=O) groups excluding carboxylic acids is 2. The highest BCUT2D eigenvalue weighted by Crippen LogP contribution is 2.19. The minimum Gasteiger partial charge on any atom is -0.497 e. The fraction of sp³-hybridized carbons (Fsp3) is 0.500. The van der Waals surface area contributed by atoms with Gasteiger partial charge in [-0.15, -0.1) is 0 Å². The van der Waals surface area contributed by atoms with Crippen LogP contribution in [0.3, 0.4) is 0 Å². The number of rotatable bonds is 6. The van der Waals surface area contributed by atoms with E-state index in [2.05, 4.69) is 10.1 Å². The molecule has 0 aliphatic carbocycles. The molecule has 1 aromatic carbocycles. The lowest BCUT2D eigenvalue weighted by Crippen LogP contribution is -2.47. The fourth-order valence-corrected chi connectivity index (χ4v) is 1.63. The van der Waals surface area contributed by atoms with Gasteiger partial charge in [-0.3, -0.25) is 0 Å². The molecule has 0 bridgehead atoms. The summed E-state index contributed by atoms with van der Waals surface area (Å²) < 4.78 is 20.4. The van der Waals surface area contributed by atoms with Gasteiger partial charge in [0, 0.05) is 6.07 Å². The quantitative estimate of drug-likeness (QED) is 0.807. The van der Waals surface area contributed by atoms with Crippen molar-refractivity contribution in [2.75, 3.05) is 20.8 Å². The molecule has 0 saturated heterocycles. The average molecular weight is 325 g/mol. The molecule has 0 unspecified atom stereocenters. The summed E-state index contributed by atoms with van der Waals surface area (Å²) in [5.41, 5.74) is -0.668. The molecule has 0 fully saturated rings. The molecule has 0 saturated carbocycles. The molecule has 1 atom stereocenters. The van der Waals surface area contributed by atoms with Crippen LogP contribution in [0.4, 0.5) is 4.79 Å². The van der Waals surface area contributed by atoms with Gasteiger partial charge < -0.3 is 24.3 Å². The van der Waals surface area contributed by atoms with E-state index in [4.69, 9.17) is 14.2 Å². The first-order valence-electron chi connectivity index (χ1n) is 7.09. The average Bonchev–Trinajstić information content (AvgIpc) is 2.49. The van der Waals surface area contributed by atoms with Crippen LogP contribution in [0.2, 0.25) is 0 Å². The predicted octanol–water partition coefficient (Wildman–Crippen LogP) is 2.14. The first-order chi connectivity index (χ1) is 10.7. The van der Waals surface area contributed by atoms with Crippen molar-refractivity contribution in [3.63, 3.8) is 0 Å². The molecule has 128 valence electrons. The normalized spacial score (nSPS) is 12.0. The highest BCUT2D eigenvalue weighted by Gasteiger charge is 2.25. The van der Waals surface area contributed by atoms with E-state index >= 15 is 0 Å². The van der Waals surface area contributed by atoms with Crippen LogP contribution < -0.4 is 14.8 Å². The van der Waals surface area contributed by atoms with E-state index in [0.717, 1.165) is 0 Å². The van der Waals surface area contributed by atoms with Crippen molar-refractivity contribution in [2.24, 2.45) is 0 Å². The van der Waals surface area contributed by atoms with Gasteiger partial charge in [0.25, 0.3) is 0 Å². The van der Waals surface area contributed by atoms with Crippen molar-refractivity contribution in [3.05, 3.63) is 24.3 Å². The third kappa shape index (κ3) is 6.90. The van der Waals surface area contributed by atoms with E-state index in [1.807, 2.05) is 0 Å². The van der Waals surface area contributed by atoms with Crippen molar-refractivity contribution in [2.45, 2.75) is 32.4 Å². The summed E-state index contributed by atoms with van der Waals surface area (Å²) in [4.78, 5) is 23.5. The van der Waals surface area contributed by atoms with Gasteiger partial charge in [-0.05, 0) is 32.9 Å². The Hall–Kier alpha value is -2.44. The molecule has 0 spiro atoms. The summed E-state index contributed by atoms with van der Waals surface area (Å²) in [7, 11) is 2.78. The largest absolute Gasteiger partial charge is 0.497 e. The molecule has 0 aliphatic heterocycles. The minimum atomic E-state index is -0.985. The highest BCUT2D eigenvalue weighted by atomic mass is 16.6. The van der Waals surface area contributed by atoms with Gasteiger partial charge in [0.15, 0.2) is 6.04 Å². The van der Waals surface area contributed by atoms with Crippen LogP contribution in [0.1, 0.15) is 20.8 Å². The van der Waals surface area contributed by atoms with Crippen LogP contribution in [0.25, 0.3) is 0 Å². The zero-order valence-electron chi connectivity index (χ0n) is 14.0. The molecule has 0 aliphatic rings. The van der Waals surface area contributed by atoms with Gasteiger partial charge >= 0.3 is 12.1 Å². The van der Waals surface area contributed by atoms with Crippen molar-refractivity contribution >= 4 is 12.1 Å². The van der Waals surface area contributed by atoms with E-state index in [9.17, 15) is 9.59 Å². The van der Waals surface area contributed by atoms with E-state index in [0.29, 0.717) is 11.5 Å². The van der Waals surface area contributed by atoms with Gasteiger partial charge in [-0.1, -0.05) is 6.07 Å². The maximum absolute atomic E-state index is 11.8. The van der Waals surface area contributed by atoms with E-state index in [1.165, 1.54) is 7.11 Å². The Morgan fingerprint density at radius 1 is 1.17 bits per heavy atom. The van der Waals surface area contributed by atoms with Crippen molar-refractivity contribution < 1.29 is 28.5 Å². The van der Waals surface area contributed by atoms with Gasteiger partial charge in [0.1, 0.15) is 23.7 Å². The van der Waals surface area contributed by atoms with Crippen LogP contribution in [-0.2, 0) is 14.3 Å². The Morgan fingerprint density at radius 3 is 2.39 bits per heavy atom.